The Morgan fingerprint density at radius 1 is 0.902 bits per heavy atom. The molecule has 4 aromatic rings. The van der Waals surface area contributed by atoms with E-state index in [1.165, 1.54) is 0 Å². The third-order valence-corrected chi connectivity index (χ3v) is 8.32. The number of amides is 2. The van der Waals surface area contributed by atoms with Crippen LogP contribution in [-0.2, 0) is 4.79 Å². The molecular weight excluding hydrogens is 561 g/mol. The topological polar surface area (TPSA) is 101 Å². The molecule has 1 fully saturated rings. The highest BCUT2D eigenvalue weighted by Gasteiger charge is 2.42. The number of benzene rings is 3. The van der Waals surface area contributed by atoms with E-state index in [0.29, 0.717) is 51.5 Å². The van der Waals surface area contributed by atoms with E-state index in [1.54, 1.807) is 42.5 Å². The average molecular weight is 593 g/mol. The minimum absolute atomic E-state index is 0.0504. The van der Waals surface area contributed by atoms with Gasteiger partial charge in [0.2, 0.25) is 11.7 Å². The van der Waals surface area contributed by atoms with Gasteiger partial charge in [-0.3, -0.25) is 14.4 Å². The monoisotopic (exact) mass is 591 g/mol. The van der Waals surface area contributed by atoms with Crippen molar-refractivity contribution in [2.75, 3.05) is 0 Å². The first-order valence-electron chi connectivity index (χ1n) is 13.9. The number of halogens is 2. The molecule has 1 saturated carbocycles. The lowest BCUT2D eigenvalue weighted by molar-refractivity contribution is -0.128. The molecule has 0 unspecified atom stereocenters. The molecule has 1 heterocycles. The Bertz CT molecular complexity index is 1560. The summed E-state index contributed by atoms with van der Waals surface area (Å²) in [7, 11) is 0. The molecule has 7 nitrogen and oxygen atoms in total. The third kappa shape index (κ3) is 6.16. The van der Waals surface area contributed by atoms with Crippen molar-refractivity contribution in [3.63, 3.8) is 0 Å². The quantitative estimate of drug-likeness (QED) is 0.164. The molecule has 212 valence electrons. The second-order valence-electron chi connectivity index (χ2n) is 10.4. The van der Waals surface area contributed by atoms with Crippen LogP contribution in [0.3, 0.4) is 0 Å². The Kier molecular flexibility index (Phi) is 8.76. The van der Waals surface area contributed by atoms with Crippen LogP contribution >= 0.6 is 23.2 Å². The van der Waals surface area contributed by atoms with E-state index < -0.39 is 23.3 Å². The van der Waals surface area contributed by atoms with Gasteiger partial charge in [-0.15, -0.1) is 0 Å². The number of aromatic nitrogens is 1. The molecule has 5 rings (SSSR count). The van der Waals surface area contributed by atoms with Crippen LogP contribution in [-0.4, -0.2) is 34.2 Å². The number of nitrogens with one attached hydrogen (secondary N) is 2. The molecule has 2 N–H and O–H groups in total. The molecule has 0 spiro atoms. The van der Waals surface area contributed by atoms with Crippen molar-refractivity contribution >= 4 is 51.9 Å². The second kappa shape index (κ2) is 12.5. The normalized spacial score (nSPS) is 15.6. The minimum Gasteiger partial charge on any atom is -0.434 e. The van der Waals surface area contributed by atoms with Crippen molar-refractivity contribution < 1.29 is 18.8 Å². The van der Waals surface area contributed by atoms with Crippen LogP contribution in [0, 0.1) is 0 Å². The third-order valence-electron chi connectivity index (χ3n) is 7.67. The second-order valence-corrected chi connectivity index (χ2v) is 11.2. The minimum atomic E-state index is -1.17. The standard InChI is InChI=1S/C32H31Cl2N3O4/c1-2-25(28(38)30-35-26-13-7-8-14-27(26)41-30)36-31(40)32(17-9-3-4-10-18-32)37-29(39)20-15-16-22(24(34)19-20)21-11-5-6-12-23(21)33/h5-8,11-16,19,25H,2-4,9-10,17-18H2,1H3,(H,36,40)(H,37,39)/t25-/m0/s1. The molecule has 9 heteroatoms. The van der Waals surface area contributed by atoms with E-state index >= 15 is 0 Å². The number of fused-ring (bicyclic) bond motifs is 1. The van der Waals surface area contributed by atoms with Gasteiger partial charge in [0.05, 0.1) is 6.04 Å². The summed E-state index contributed by atoms with van der Waals surface area (Å²) in [6.45, 7) is 1.81. The summed E-state index contributed by atoms with van der Waals surface area (Å²) in [6, 6.07) is 18.6. The number of carbonyl (C=O) groups excluding carboxylic acids is 3. The summed E-state index contributed by atoms with van der Waals surface area (Å²) >= 11 is 12.9. The van der Waals surface area contributed by atoms with Crippen LogP contribution in [0.5, 0.6) is 0 Å². The first kappa shape index (κ1) is 28.8. The van der Waals surface area contributed by atoms with E-state index in [1.807, 2.05) is 31.2 Å². The van der Waals surface area contributed by atoms with Crippen LogP contribution in [0.4, 0.5) is 0 Å². The molecular formula is C32H31Cl2N3O4. The van der Waals surface area contributed by atoms with Crippen molar-refractivity contribution in [1.29, 1.82) is 0 Å². The predicted molar refractivity (Wildman–Crippen MR) is 160 cm³/mol. The van der Waals surface area contributed by atoms with E-state index in [0.717, 1.165) is 31.2 Å². The highest BCUT2D eigenvalue weighted by Crippen LogP contribution is 2.34. The number of Topliss-reactive ketones (excluding diaryl/α,β-unsaturated/α-hetero) is 1. The first-order chi connectivity index (χ1) is 19.8. The Morgan fingerprint density at radius 3 is 2.27 bits per heavy atom. The van der Waals surface area contributed by atoms with Gasteiger partial charge in [-0.05, 0) is 49.6 Å². The number of oxazole rings is 1. The number of hydrogen-bond donors (Lipinski definition) is 2. The Morgan fingerprint density at radius 2 is 1.59 bits per heavy atom. The van der Waals surface area contributed by atoms with Crippen LogP contribution in [0.15, 0.2) is 71.1 Å². The van der Waals surface area contributed by atoms with E-state index in [4.69, 9.17) is 27.6 Å². The van der Waals surface area contributed by atoms with Crippen LogP contribution in [0.1, 0.15) is 72.9 Å². The molecule has 0 saturated heterocycles. The fourth-order valence-electron chi connectivity index (χ4n) is 5.36. The van der Waals surface area contributed by atoms with Crippen LogP contribution < -0.4 is 10.6 Å². The fraction of sp³-hybridized carbons (Fsp3) is 0.312. The van der Waals surface area contributed by atoms with Gasteiger partial charge in [0.25, 0.3) is 11.8 Å². The van der Waals surface area contributed by atoms with E-state index in [9.17, 15) is 14.4 Å². The lowest BCUT2D eigenvalue weighted by atomic mass is 9.87. The molecule has 3 aromatic carbocycles. The summed E-state index contributed by atoms with van der Waals surface area (Å²) in [5.74, 6) is -1.25. The smallest absolute Gasteiger partial charge is 0.266 e. The Balaban J connectivity index is 1.37. The zero-order valence-corrected chi connectivity index (χ0v) is 24.2. The first-order valence-corrected chi connectivity index (χ1v) is 14.6. The number of hydrogen-bond acceptors (Lipinski definition) is 5. The summed E-state index contributed by atoms with van der Waals surface area (Å²) in [5.41, 5.74) is 1.71. The zero-order chi connectivity index (χ0) is 29.0. The van der Waals surface area contributed by atoms with Crippen LogP contribution in [0.25, 0.3) is 22.2 Å². The number of nitrogens with zero attached hydrogens (tertiary/aromatic N) is 1. The molecule has 1 atom stereocenters. The van der Waals surface area contributed by atoms with Crippen LogP contribution in [0.2, 0.25) is 10.0 Å². The molecule has 1 aliphatic rings. The van der Waals surface area contributed by atoms with Crippen molar-refractivity contribution in [3.8, 4) is 11.1 Å². The van der Waals surface area contributed by atoms with Crippen molar-refractivity contribution in [2.24, 2.45) is 0 Å². The van der Waals surface area contributed by atoms with Gasteiger partial charge in [-0.25, -0.2) is 4.98 Å². The van der Waals surface area contributed by atoms with Gasteiger partial charge < -0.3 is 15.1 Å². The SMILES string of the molecule is CC[C@H](NC(=O)C1(NC(=O)c2ccc(-c3ccccc3Cl)c(Cl)c2)CCCCCC1)C(=O)c1nc2ccccc2o1. The maximum Gasteiger partial charge on any atom is 0.266 e. The van der Waals surface area contributed by atoms with Gasteiger partial charge in [-0.2, -0.15) is 0 Å². The van der Waals surface area contributed by atoms with Gasteiger partial charge in [0.1, 0.15) is 11.1 Å². The van der Waals surface area contributed by atoms with Gasteiger partial charge in [0, 0.05) is 26.7 Å². The summed E-state index contributed by atoms with van der Waals surface area (Å²) in [6.07, 6.45) is 4.73. The molecule has 1 aliphatic carbocycles. The number of para-hydroxylation sites is 2. The number of rotatable bonds is 8. The molecule has 41 heavy (non-hydrogen) atoms. The van der Waals surface area contributed by atoms with Crippen molar-refractivity contribution in [2.45, 2.75) is 63.5 Å². The molecule has 2 amide bonds. The average Bonchev–Trinajstić information content (AvgIpc) is 3.27. The summed E-state index contributed by atoms with van der Waals surface area (Å²) in [4.78, 5) is 45.0. The molecule has 0 aliphatic heterocycles. The van der Waals surface area contributed by atoms with Crippen molar-refractivity contribution in [3.05, 3.63) is 88.2 Å². The zero-order valence-electron chi connectivity index (χ0n) is 22.7. The number of ketones is 1. The largest absolute Gasteiger partial charge is 0.434 e. The van der Waals surface area contributed by atoms with E-state index in [2.05, 4.69) is 15.6 Å². The van der Waals surface area contributed by atoms with E-state index in [-0.39, 0.29) is 11.8 Å². The Hall–Kier alpha value is -3.68. The Labute approximate surface area is 248 Å². The molecule has 0 radical (unpaired) electrons. The summed E-state index contributed by atoms with van der Waals surface area (Å²) in [5, 5.41) is 6.87. The predicted octanol–water partition coefficient (Wildman–Crippen LogP) is 7.40. The lowest BCUT2D eigenvalue weighted by Gasteiger charge is -2.34. The maximum atomic E-state index is 13.9. The maximum absolute atomic E-state index is 13.9. The lowest BCUT2D eigenvalue weighted by Crippen LogP contribution is -2.61. The van der Waals surface area contributed by atoms with Gasteiger partial charge in [-0.1, -0.05) is 92.2 Å². The highest BCUT2D eigenvalue weighted by molar-refractivity contribution is 6.36. The van der Waals surface area contributed by atoms with Gasteiger partial charge >= 0.3 is 0 Å². The molecule has 1 aromatic heterocycles. The summed E-state index contributed by atoms with van der Waals surface area (Å²) < 4.78 is 5.66. The molecule has 0 bridgehead atoms. The highest BCUT2D eigenvalue weighted by atomic mass is 35.5. The van der Waals surface area contributed by atoms with Crippen molar-refractivity contribution in [1.82, 2.24) is 15.6 Å². The number of carbonyl (C=O) groups is 3. The fourth-order valence-corrected chi connectivity index (χ4v) is 5.88. The van der Waals surface area contributed by atoms with Gasteiger partial charge in [0.15, 0.2) is 5.58 Å².